The highest BCUT2D eigenvalue weighted by atomic mass is 35.5. The Morgan fingerprint density at radius 1 is 1.03 bits per heavy atom. The number of anilines is 1. The van der Waals surface area contributed by atoms with Gasteiger partial charge in [-0.05, 0) is 18.2 Å². The van der Waals surface area contributed by atoms with E-state index in [1.807, 2.05) is 4.90 Å². The Bertz CT molecular complexity index is 1100. The fourth-order valence-electron chi connectivity index (χ4n) is 3.35. The number of piperazine rings is 1. The van der Waals surface area contributed by atoms with Crippen molar-refractivity contribution in [1.82, 2.24) is 29.9 Å². The van der Waals surface area contributed by atoms with Crippen LogP contribution in [0.25, 0.3) is 5.82 Å². The summed E-state index contributed by atoms with van der Waals surface area (Å²) < 4.78 is 47.1. The standard InChI is InChI=1S/C19H17ClF3N7O2/c1-32-16-5-4-15(26-27-16)30-17(19(21,22)23)13(11-25-30)18(31)29-8-6-28(7-9-29)14-3-2-12(20)10-24-14/h2-5,10-11H,6-9H2,1H3. The Morgan fingerprint density at radius 2 is 1.75 bits per heavy atom. The van der Waals surface area contributed by atoms with Crippen LogP contribution in [0.2, 0.25) is 5.02 Å². The third-order valence-electron chi connectivity index (χ3n) is 4.92. The van der Waals surface area contributed by atoms with Gasteiger partial charge in [0.15, 0.2) is 11.5 Å². The Hall–Kier alpha value is -3.41. The molecule has 1 fully saturated rings. The number of halogens is 4. The molecule has 9 nitrogen and oxygen atoms in total. The molecule has 3 aromatic heterocycles. The van der Waals surface area contributed by atoms with Crippen molar-refractivity contribution in [3.8, 4) is 11.7 Å². The van der Waals surface area contributed by atoms with E-state index >= 15 is 0 Å². The van der Waals surface area contributed by atoms with Crippen LogP contribution in [-0.4, -0.2) is 69.1 Å². The average molecular weight is 468 g/mol. The number of hydrogen-bond donors (Lipinski definition) is 0. The topological polar surface area (TPSA) is 89.3 Å². The molecule has 1 aliphatic rings. The molecule has 0 bridgehead atoms. The number of methoxy groups -OCH3 is 1. The zero-order valence-electron chi connectivity index (χ0n) is 16.8. The fraction of sp³-hybridized carbons (Fsp3) is 0.316. The predicted octanol–water partition coefficient (Wildman–Crippen LogP) is 2.70. The van der Waals surface area contributed by atoms with E-state index in [4.69, 9.17) is 16.3 Å². The molecular weight excluding hydrogens is 451 g/mol. The molecule has 4 rings (SSSR count). The number of pyridine rings is 1. The molecule has 13 heteroatoms. The molecule has 32 heavy (non-hydrogen) atoms. The first-order chi connectivity index (χ1) is 15.3. The first-order valence-corrected chi connectivity index (χ1v) is 9.85. The van der Waals surface area contributed by atoms with Crippen LogP contribution in [0.15, 0.2) is 36.7 Å². The lowest BCUT2D eigenvalue weighted by atomic mass is 10.2. The highest BCUT2D eigenvalue weighted by Gasteiger charge is 2.42. The Kier molecular flexibility index (Phi) is 5.87. The summed E-state index contributed by atoms with van der Waals surface area (Å²) in [7, 11) is 1.36. The number of carbonyl (C=O) groups excluding carboxylic acids is 1. The van der Waals surface area contributed by atoms with Gasteiger partial charge in [0.05, 0.1) is 23.9 Å². The fourth-order valence-corrected chi connectivity index (χ4v) is 3.46. The maximum atomic E-state index is 13.9. The van der Waals surface area contributed by atoms with Gasteiger partial charge in [-0.15, -0.1) is 10.2 Å². The SMILES string of the molecule is COc1ccc(-n2ncc(C(=O)N3CCN(c4ccc(Cl)cn4)CC3)c2C(F)(F)F)nn1. The van der Waals surface area contributed by atoms with Crippen molar-refractivity contribution in [2.24, 2.45) is 0 Å². The van der Waals surface area contributed by atoms with E-state index in [2.05, 4.69) is 20.3 Å². The molecular formula is C19H17ClF3N7O2. The number of ether oxygens (including phenoxy) is 1. The van der Waals surface area contributed by atoms with Crippen LogP contribution >= 0.6 is 11.6 Å². The van der Waals surface area contributed by atoms with Crippen molar-refractivity contribution in [3.05, 3.63) is 52.9 Å². The largest absolute Gasteiger partial charge is 0.480 e. The zero-order chi connectivity index (χ0) is 22.9. The third kappa shape index (κ3) is 4.31. The quantitative estimate of drug-likeness (QED) is 0.582. The number of aromatic nitrogens is 5. The van der Waals surface area contributed by atoms with Crippen molar-refractivity contribution in [2.75, 3.05) is 38.2 Å². The van der Waals surface area contributed by atoms with Gasteiger partial charge in [-0.1, -0.05) is 11.6 Å². The van der Waals surface area contributed by atoms with Crippen molar-refractivity contribution in [2.45, 2.75) is 6.18 Å². The van der Waals surface area contributed by atoms with Gasteiger partial charge in [0.1, 0.15) is 5.82 Å². The monoisotopic (exact) mass is 467 g/mol. The van der Waals surface area contributed by atoms with Crippen LogP contribution < -0.4 is 9.64 Å². The molecule has 3 aromatic rings. The summed E-state index contributed by atoms with van der Waals surface area (Å²) in [6.07, 6.45) is -2.41. The molecule has 1 saturated heterocycles. The smallest absolute Gasteiger partial charge is 0.434 e. The first-order valence-electron chi connectivity index (χ1n) is 9.47. The lowest BCUT2D eigenvalue weighted by Crippen LogP contribution is -2.49. The van der Waals surface area contributed by atoms with Crippen LogP contribution in [0, 0.1) is 0 Å². The summed E-state index contributed by atoms with van der Waals surface area (Å²) in [4.78, 5) is 20.5. The Labute approximate surface area is 185 Å². The summed E-state index contributed by atoms with van der Waals surface area (Å²) in [6.45, 7) is 1.29. The number of amides is 1. The molecule has 1 amide bonds. The summed E-state index contributed by atoms with van der Waals surface area (Å²) in [5, 5.41) is 11.6. The second-order valence-electron chi connectivity index (χ2n) is 6.86. The molecule has 0 atom stereocenters. The minimum Gasteiger partial charge on any atom is -0.480 e. The van der Waals surface area contributed by atoms with Crippen LogP contribution in [0.1, 0.15) is 16.1 Å². The zero-order valence-corrected chi connectivity index (χ0v) is 17.5. The van der Waals surface area contributed by atoms with Gasteiger partial charge < -0.3 is 14.5 Å². The molecule has 0 unspecified atom stereocenters. The lowest BCUT2D eigenvalue weighted by Gasteiger charge is -2.35. The average Bonchev–Trinajstić information content (AvgIpc) is 3.25. The molecule has 0 spiro atoms. The maximum Gasteiger partial charge on any atom is 0.434 e. The van der Waals surface area contributed by atoms with Gasteiger partial charge in [-0.25, -0.2) is 9.67 Å². The maximum absolute atomic E-state index is 13.9. The van der Waals surface area contributed by atoms with Gasteiger partial charge in [-0.2, -0.15) is 18.3 Å². The van der Waals surface area contributed by atoms with Crippen molar-refractivity contribution in [3.63, 3.8) is 0 Å². The molecule has 1 aliphatic heterocycles. The van der Waals surface area contributed by atoms with E-state index in [1.54, 1.807) is 12.1 Å². The van der Waals surface area contributed by atoms with Crippen molar-refractivity contribution < 1.29 is 22.7 Å². The predicted molar refractivity (Wildman–Crippen MR) is 108 cm³/mol. The summed E-state index contributed by atoms with van der Waals surface area (Å²) in [5.74, 6) is -0.119. The highest BCUT2D eigenvalue weighted by molar-refractivity contribution is 6.30. The van der Waals surface area contributed by atoms with E-state index in [0.717, 1.165) is 6.20 Å². The van der Waals surface area contributed by atoms with Gasteiger partial charge in [0.2, 0.25) is 5.88 Å². The molecule has 4 heterocycles. The van der Waals surface area contributed by atoms with E-state index < -0.39 is 23.3 Å². The lowest BCUT2D eigenvalue weighted by molar-refractivity contribution is -0.143. The van der Waals surface area contributed by atoms with Gasteiger partial charge in [-0.3, -0.25) is 4.79 Å². The van der Waals surface area contributed by atoms with Crippen molar-refractivity contribution >= 4 is 23.3 Å². The molecule has 0 aliphatic carbocycles. The van der Waals surface area contributed by atoms with E-state index in [1.165, 1.54) is 30.3 Å². The van der Waals surface area contributed by atoms with Crippen molar-refractivity contribution in [1.29, 1.82) is 0 Å². The Morgan fingerprint density at radius 3 is 2.31 bits per heavy atom. The number of rotatable bonds is 4. The summed E-state index contributed by atoms with van der Waals surface area (Å²) >= 11 is 5.85. The van der Waals surface area contributed by atoms with Gasteiger partial charge >= 0.3 is 6.18 Å². The number of alkyl halides is 3. The minimum absolute atomic E-state index is 0.138. The Balaban J connectivity index is 1.56. The van der Waals surface area contributed by atoms with E-state index in [9.17, 15) is 18.0 Å². The molecule has 0 radical (unpaired) electrons. The molecule has 0 saturated carbocycles. The summed E-state index contributed by atoms with van der Waals surface area (Å²) in [5.41, 5.74) is -1.75. The van der Waals surface area contributed by atoms with Gasteiger partial charge in [0.25, 0.3) is 5.91 Å². The third-order valence-corrected chi connectivity index (χ3v) is 5.15. The highest BCUT2D eigenvalue weighted by Crippen LogP contribution is 2.34. The number of hydrogen-bond acceptors (Lipinski definition) is 7. The van der Waals surface area contributed by atoms with Gasteiger partial charge in [0, 0.05) is 38.4 Å². The first kappa shape index (κ1) is 21.8. The minimum atomic E-state index is -4.84. The van der Waals surface area contributed by atoms with Crippen LogP contribution in [-0.2, 0) is 6.18 Å². The summed E-state index contributed by atoms with van der Waals surface area (Å²) in [6, 6.07) is 6.09. The van der Waals surface area contributed by atoms with Crippen LogP contribution in [0.5, 0.6) is 5.88 Å². The van der Waals surface area contributed by atoms with Crippen LogP contribution in [0.4, 0.5) is 19.0 Å². The normalized spacial score (nSPS) is 14.5. The van der Waals surface area contributed by atoms with E-state index in [-0.39, 0.29) is 24.8 Å². The molecule has 168 valence electrons. The van der Waals surface area contributed by atoms with E-state index in [0.29, 0.717) is 28.6 Å². The second kappa shape index (κ2) is 8.61. The molecule has 0 aromatic carbocycles. The number of carbonyl (C=O) groups is 1. The number of nitrogens with zero attached hydrogens (tertiary/aromatic N) is 7. The molecule has 0 N–H and O–H groups in total. The second-order valence-corrected chi connectivity index (χ2v) is 7.30. The van der Waals surface area contributed by atoms with Crippen LogP contribution in [0.3, 0.4) is 0 Å².